The van der Waals surface area contributed by atoms with Crippen LogP contribution in [0, 0.1) is 0 Å². The average molecular weight is 424 g/mol. The molecule has 2 heterocycles. The monoisotopic (exact) mass is 424 g/mol. The van der Waals surface area contributed by atoms with Gasteiger partial charge in [0.05, 0.1) is 4.90 Å². The van der Waals surface area contributed by atoms with Crippen LogP contribution in [0.25, 0.3) is 11.4 Å². The lowest BCUT2D eigenvalue weighted by Gasteiger charge is -2.09. The van der Waals surface area contributed by atoms with Gasteiger partial charge in [0.2, 0.25) is 9.84 Å². The second-order valence-corrected chi connectivity index (χ2v) is 8.79. The van der Waals surface area contributed by atoms with E-state index in [1.54, 1.807) is 12.4 Å². The number of nitrogens with zero attached hydrogens (tertiary/aromatic N) is 4. The average Bonchev–Trinajstić information content (AvgIpc) is 3.10. The van der Waals surface area contributed by atoms with Gasteiger partial charge in [-0.1, -0.05) is 30.8 Å². The van der Waals surface area contributed by atoms with Crippen LogP contribution in [0.3, 0.4) is 0 Å². The van der Waals surface area contributed by atoms with Crippen molar-refractivity contribution in [2.45, 2.75) is 41.5 Å². The molecule has 0 bridgehead atoms. The Bertz CT molecular complexity index is 1020. The molecule has 6 nitrogen and oxygen atoms in total. The minimum atomic E-state index is -4.57. The van der Waals surface area contributed by atoms with Crippen LogP contribution in [0.4, 0.5) is 8.78 Å². The minimum Gasteiger partial charge on any atom is -0.302 e. The quantitative estimate of drug-likeness (QED) is 0.508. The predicted octanol–water partition coefficient (Wildman–Crippen LogP) is 4.04. The van der Waals surface area contributed by atoms with E-state index in [-0.39, 0.29) is 4.90 Å². The van der Waals surface area contributed by atoms with Crippen LogP contribution in [0.15, 0.2) is 58.8 Å². The minimum absolute atomic E-state index is 0.384. The lowest BCUT2D eigenvalue weighted by Crippen LogP contribution is -2.11. The normalized spacial score (nSPS) is 11.9. The van der Waals surface area contributed by atoms with Crippen molar-refractivity contribution in [3.8, 4) is 11.4 Å². The first kappa shape index (κ1) is 20.4. The zero-order chi connectivity index (χ0) is 20.1. The molecule has 2 aromatic heterocycles. The highest BCUT2D eigenvalue weighted by molar-refractivity contribution is 7.98. The maximum Gasteiger partial charge on any atom is 0.341 e. The van der Waals surface area contributed by atoms with Crippen LogP contribution < -0.4 is 0 Å². The molecule has 148 valence electrons. The van der Waals surface area contributed by atoms with E-state index < -0.39 is 15.6 Å². The first-order chi connectivity index (χ1) is 13.4. The molecule has 0 atom stereocenters. The molecule has 28 heavy (non-hydrogen) atoms. The Morgan fingerprint density at radius 3 is 2.36 bits per heavy atom. The van der Waals surface area contributed by atoms with Crippen LogP contribution in [-0.4, -0.2) is 33.9 Å². The lowest BCUT2D eigenvalue weighted by molar-refractivity contribution is 0.234. The zero-order valence-electron chi connectivity index (χ0n) is 15.0. The zero-order valence-corrected chi connectivity index (χ0v) is 16.6. The Hall–Kier alpha value is -2.33. The van der Waals surface area contributed by atoms with Gasteiger partial charge >= 0.3 is 5.76 Å². The fraction of sp³-hybridized carbons (Fsp3) is 0.278. The summed E-state index contributed by atoms with van der Waals surface area (Å²) in [4.78, 5) is 3.63. The van der Waals surface area contributed by atoms with Crippen molar-refractivity contribution in [2.24, 2.45) is 0 Å². The SMILES string of the molecule is CCCn1c(SCc2ccc(S(=O)(=O)C(F)F)cc2)nnc1-c1ccncc1. The molecular weight excluding hydrogens is 406 g/mol. The summed E-state index contributed by atoms with van der Waals surface area (Å²) >= 11 is 1.45. The molecule has 0 saturated carbocycles. The van der Waals surface area contributed by atoms with Gasteiger partial charge < -0.3 is 4.57 Å². The third-order valence-electron chi connectivity index (χ3n) is 3.96. The number of rotatable bonds is 8. The van der Waals surface area contributed by atoms with E-state index >= 15 is 0 Å². The highest BCUT2D eigenvalue weighted by Gasteiger charge is 2.26. The maximum atomic E-state index is 12.6. The van der Waals surface area contributed by atoms with Crippen molar-refractivity contribution in [1.82, 2.24) is 19.7 Å². The molecule has 3 aromatic rings. The first-order valence-corrected chi connectivity index (χ1v) is 11.0. The van der Waals surface area contributed by atoms with Crippen molar-refractivity contribution in [2.75, 3.05) is 0 Å². The molecule has 0 saturated heterocycles. The standard InChI is InChI=1S/C18H18F2N4O2S2/c1-2-11-24-16(14-7-9-21-10-8-14)22-23-18(24)27-12-13-3-5-15(6-4-13)28(25,26)17(19)20/h3-10,17H,2,11-12H2,1H3. The highest BCUT2D eigenvalue weighted by atomic mass is 32.2. The van der Waals surface area contributed by atoms with Gasteiger partial charge in [-0.3, -0.25) is 4.98 Å². The summed E-state index contributed by atoms with van der Waals surface area (Å²) in [7, 11) is -4.57. The van der Waals surface area contributed by atoms with Crippen molar-refractivity contribution in [3.63, 3.8) is 0 Å². The third kappa shape index (κ3) is 4.39. The molecule has 0 amide bonds. The summed E-state index contributed by atoms with van der Waals surface area (Å²) in [5.74, 6) is -2.16. The number of sulfone groups is 1. The fourth-order valence-electron chi connectivity index (χ4n) is 2.56. The van der Waals surface area contributed by atoms with Crippen LogP contribution in [0.2, 0.25) is 0 Å². The number of halogens is 2. The summed E-state index contributed by atoms with van der Waals surface area (Å²) in [6.45, 7) is 2.81. The van der Waals surface area contributed by atoms with E-state index in [1.165, 1.54) is 36.0 Å². The Labute approximate surface area is 165 Å². The second-order valence-electron chi connectivity index (χ2n) is 5.93. The molecule has 0 aliphatic rings. The van der Waals surface area contributed by atoms with Crippen molar-refractivity contribution >= 4 is 21.6 Å². The van der Waals surface area contributed by atoms with E-state index in [9.17, 15) is 17.2 Å². The van der Waals surface area contributed by atoms with Crippen LogP contribution in [0.5, 0.6) is 0 Å². The van der Waals surface area contributed by atoms with Gasteiger partial charge in [-0.25, -0.2) is 8.42 Å². The number of thioether (sulfide) groups is 1. The largest absolute Gasteiger partial charge is 0.341 e. The molecule has 10 heteroatoms. The van der Waals surface area contributed by atoms with Gasteiger partial charge in [-0.2, -0.15) is 8.78 Å². The molecule has 3 rings (SSSR count). The summed E-state index contributed by atoms with van der Waals surface area (Å²) in [5.41, 5.74) is 1.72. The van der Waals surface area contributed by atoms with E-state index in [2.05, 4.69) is 22.1 Å². The smallest absolute Gasteiger partial charge is 0.302 e. The maximum absolute atomic E-state index is 12.6. The predicted molar refractivity (Wildman–Crippen MR) is 103 cm³/mol. The first-order valence-electron chi connectivity index (χ1n) is 8.51. The molecule has 1 aromatic carbocycles. The summed E-state index contributed by atoms with van der Waals surface area (Å²) < 4.78 is 50.2. The third-order valence-corrected chi connectivity index (χ3v) is 6.39. The van der Waals surface area contributed by atoms with Gasteiger partial charge in [0.25, 0.3) is 0 Å². The summed E-state index contributed by atoms with van der Waals surface area (Å²) in [5, 5.41) is 9.29. The van der Waals surface area contributed by atoms with E-state index in [1.807, 2.05) is 16.7 Å². The number of benzene rings is 1. The van der Waals surface area contributed by atoms with Gasteiger partial charge in [-0.15, -0.1) is 10.2 Å². The van der Waals surface area contributed by atoms with Gasteiger partial charge in [-0.05, 0) is 36.2 Å². The number of hydrogen-bond donors (Lipinski definition) is 0. The Morgan fingerprint density at radius 1 is 1.07 bits per heavy atom. The Kier molecular flexibility index (Phi) is 6.40. The number of aromatic nitrogens is 4. The molecule has 0 unspecified atom stereocenters. The highest BCUT2D eigenvalue weighted by Crippen LogP contribution is 2.27. The van der Waals surface area contributed by atoms with Gasteiger partial charge in [0.1, 0.15) is 0 Å². The van der Waals surface area contributed by atoms with Crippen LogP contribution in [-0.2, 0) is 22.1 Å². The Balaban J connectivity index is 1.77. The molecular formula is C18H18F2N4O2S2. The number of alkyl halides is 2. The molecule has 0 fully saturated rings. The number of pyridine rings is 1. The van der Waals surface area contributed by atoms with Crippen LogP contribution >= 0.6 is 11.8 Å². The van der Waals surface area contributed by atoms with Crippen molar-refractivity contribution in [1.29, 1.82) is 0 Å². The molecule has 0 N–H and O–H groups in total. The summed E-state index contributed by atoms with van der Waals surface area (Å²) in [6, 6.07) is 9.21. The molecule has 0 aliphatic carbocycles. The van der Waals surface area contributed by atoms with Crippen LogP contribution in [0.1, 0.15) is 18.9 Å². The fourth-order valence-corrected chi connectivity index (χ4v) is 4.20. The van der Waals surface area contributed by atoms with Crippen molar-refractivity contribution in [3.05, 3.63) is 54.4 Å². The lowest BCUT2D eigenvalue weighted by atomic mass is 10.2. The van der Waals surface area contributed by atoms with Gasteiger partial charge in [0, 0.05) is 30.3 Å². The second kappa shape index (κ2) is 8.78. The summed E-state index contributed by atoms with van der Waals surface area (Å²) in [6.07, 6.45) is 4.30. The number of hydrogen-bond acceptors (Lipinski definition) is 6. The molecule has 0 spiro atoms. The Morgan fingerprint density at radius 2 is 1.75 bits per heavy atom. The van der Waals surface area contributed by atoms with E-state index in [0.717, 1.165) is 35.1 Å². The van der Waals surface area contributed by atoms with Gasteiger partial charge in [0.15, 0.2) is 11.0 Å². The molecule has 0 aliphatic heterocycles. The van der Waals surface area contributed by atoms with E-state index in [4.69, 9.17) is 0 Å². The van der Waals surface area contributed by atoms with E-state index in [0.29, 0.717) is 5.75 Å². The topological polar surface area (TPSA) is 77.7 Å². The van der Waals surface area contributed by atoms with Crippen molar-refractivity contribution < 1.29 is 17.2 Å². The molecule has 0 radical (unpaired) electrons.